The van der Waals surface area contributed by atoms with Gasteiger partial charge in [-0.2, -0.15) is 0 Å². The van der Waals surface area contributed by atoms with E-state index in [1.54, 1.807) is 35.9 Å². The summed E-state index contributed by atoms with van der Waals surface area (Å²) in [6.07, 6.45) is 3.06. The van der Waals surface area contributed by atoms with Crippen LogP contribution in [0.2, 0.25) is 0 Å². The lowest BCUT2D eigenvalue weighted by Gasteiger charge is -2.22. The van der Waals surface area contributed by atoms with Crippen LogP contribution in [0.25, 0.3) is 0 Å². The Balaban J connectivity index is 1.51. The quantitative estimate of drug-likeness (QED) is 0.650. The fourth-order valence-electron chi connectivity index (χ4n) is 2.66. The van der Waals surface area contributed by atoms with Gasteiger partial charge < -0.3 is 4.90 Å². The number of thiophene rings is 2. The Hall–Kier alpha value is -1.22. The number of hydrogen-bond acceptors (Lipinski definition) is 5. The molecule has 0 unspecified atom stereocenters. The topological polar surface area (TPSA) is 57.7 Å². The Morgan fingerprint density at radius 3 is 2.52 bits per heavy atom. The smallest absolute Gasteiger partial charge is 0.252 e. The lowest BCUT2D eigenvalue weighted by atomic mass is 10.2. The first-order chi connectivity index (χ1) is 12.0. The highest BCUT2D eigenvalue weighted by molar-refractivity contribution is 7.91. The Morgan fingerprint density at radius 2 is 1.92 bits per heavy atom. The molecule has 0 aliphatic heterocycles. The minimum Gasteiger partial charge on any atom is -0.335 e. The van der Waals surface area contributed by atoms with Crippen molar-refractivity contribution in [1.82, 2.24) is 9.21 Å². The normalized spacial score (nSPS) is 14.8. The third-order valence-corrected chi connectivity index (χ3v) is 8.33. The van der Waals surface area contributed by atoms with Crippen molar-refractivity contribution >= 4 is 38.6 Å². The summed E-state index contributed by atoms with van der Waals surface area (Å²) >= 11 is 2.88. The zero-order valence-electron chi connectivity index (χ0n) is 14.1. The molecule has 1 saturated carbocycles. The van der Waals surface area contributed by atoms with E-state index < -0.39 is 10.0 Å². The number of nitrogens with zero attached hydrogens (tertiary/aromatic N) is 2. The van der Waals surface area contributed by atoms with Crippen LogP contribution in [0.5, 0.6) is 0 Å². The van der Waals surface area contributed by atoms with Crippen LogP contribution < -0.4 is 0 Å². The van der Waals surface area contributed by atoms with Crippen molar-refractivity contribution in [3.05, 3.63) is 39.9 Å². The summed E-state index contributed by atoms with van der Waals surface area (Å²) in [5.41, 5.74) is 0. The van der Waals surface area contributed by atoms with Crippen LogP contribution in [0.1, 0.15) is 30.6 Å². The Morgan fingerprint density at radius 1 is 1.20 bits per heavy atom. The van der Waals surface area contributed by atoms with E-state index in [1.165, 1.54) is 20.5 Å². The van der Waals surface area contributed by atoms with Gasteiger partial charge in [-0.15, -0.1) is 22.7 Å². The third kappa shape index (κ3) is 4.69. The van der Waals surface area contributed by atoms with E-state index in [4.69, 9.17) is 0 Å². The van der Waals surface area contributed by atoms with Crippen molar-refractivity contribution < 1.29 is 13.2 Å². The largest absolute Gasteiger partial charge is 0.335 e. The molecule has 1 aliphatic carbocycles. The molecule has 136 valence electrons. The lowest BCUT2D eigenvalue weighted by Crippen LogP contribution is -2.33. The maximum Gasteiger partial charge on any atom is 0.252 e. The molecule has 2 aromatic heterocycles. The van der Waals surface area contributed by atoms with Gasteiger partial charge in [0.1, 0.15) is 4.21 Å². The summed E-state index contributed by atoms with van der Waals surface area (Å²) in [5.74, 6) is 0.123. The molecule has 2 heterocycles. The average Bonchev–Trinajstić information content (AvgIpc) is 3.05. The summed E-state index contributed by atoms with van der Waals surface area (Å²) in [4.78, 5) is 15.7. The zero-order valence-corrected chi connectivity index (χ0v) is 16.6. The first-order valence-electron chi connectivity index (χ1n) is 8.30. The van der Waals surface area contributed by atoms with Gasteiger partial charge in [-0.1, -0.05) is 12.1 Å². The molecule has 0 saturated heterocycles. The van der Waals surface area contributed by atoms with Crippen molar-refractivity contribution in [2.45, 2.75) is 42.5 Å². The molecular weight excluding hydrogens is 376 g/mol. The molecule has 0 bridgehead atoms. The molecule has 25 heavy (non-hydrogen) atoms. The Labute approximate surface area is 156 Å². The molecule has 3 rings (SSSR count). The number of carbonyl (C=O) groups excluding carboxylic acids is 1. The number of sulfonamides is 1. The second-order valence-electron chi connectivity index (χ2n) is 6.19. The van der Waals surface area contributed by atoms with Gasteiger partial charge in [0.15, 0.2) is 0 Å². The van der Waals surface area contributed by atoms with Crippen LogP contribution in [-0.2, 0) is 21.4 Å². The lowest BCUT2D eigenvalue weighted by molar-refractivity contribution is -0.132. The van der Waals surface area contributed by atoms with Gasteiger partial charge in [-0.3, -0.25) is 4.79 Å². The molecule has 0 aromatic carbocycles. The van der Waals surface area contributed by atoms with Crippen LogP contribution >= 0.6 is 22.7 Å². The van der Waals surface area contributed by atoms with E-state index in [1.807, 2.05) is 16.3 Å². The van der Waals surface area contributed by atoms with Gasteiger partial charge in [-0.05, 0) is 42.2 Å². The van der Waals surface area contributed by atoms with Crippen LogP contribution in [0.15, 0.2) is 39.2 Å². The first kappa shape index (κ1) is 18.6. The maximum absolute atomic E-state index is 12.6. The Kier molecular flexibility index (Phi) is 5.93. The number of rotatable bonds is 9. The summed E-state index contributed by atoms with van der Waals surface area (Å²) in [6.45, 7) is 1.02. The summed E-state index contributed by atoms with van der Waals surface area (Å²) in [5, 5.41) is 3.78. The number of amides is 1. The summed E-state index contributed by atoms with van der Waals surface area (Å²) in [7, 11) is -1.86. The highest BCUT2D eigenvalue weighted by Crippen LogP contribution is 2.30. The zero-order chi connectivity index (χ0) is 17.9. The van der Waals surface area contributed by atoms with Gasteiger partial charge >= 0.3 is 0 Å². The molecule has 5 nitrogen and oxygen atoms in total. The number of carbonyl (C=O) groups is 1. The molecule has 2 aromatic rings. The molecular formula is C17H22N2O3S3. The van der Waals surface area contributed by atoms with Crippen LogP contribution in [0.4, 0.5) is 0 Å². The molecule has 0 atom stereocenters. The van der Waals surface area contributed by atoms with Crippen molar-refractivity contribution in [2.24, 2.45) is 0 Å². The summed E-state index contributed by atoms with van der Waals surface area (Å²) in [6, 6.07) is 7.75. The van der Waals surface area contributed by atoms with E-state index in [0.717, 1.165) is 12.8 Å². The minimum atomic E-state index is -3.43. The fourth-order valence-corrected chi connectivity index (χ4v) is 5.77. The van der Waals surface area contributed by atoms with Gasteiger partial charge in [0.25, 0.3) is 10.0 Å². The van der Waals surface area contributed by atoms with E-state index in [0.29, 0.717) is 36.2 Å². The molecule has 0 radical (unpaired) electrons. The molecule has 1 amide bonds. The monoisotopic (exact) mass is 398 g/mol. The highest BCUT2D eigenvalue weighted by Gasteiger charge is 2.32. The molecule has 8 heteroatoms. The van der Waals surface area contributed by atoms with Crippen molar-refractivity contribution in [3.8, 4) is 0 Å². The molecule has 0 N–H and O–H groups in total. The standard InChI is InChI=1S/C17H22N2O3S3/c1-18(25(21,22)17-7-4-12-24-17)10-2-6-16(20)19(14-8-9-14)13-15-5-3-11-23-15/h3-5,7,11-12,14H,2,6,8-10,13H2,1H3. The van der Waals surface area contributed by atoms with E-state index in [9.17, 15) is 13.2 Å². The van der Waals surface area contributed by atoms with Crippen LogP contribution in [-0.4, -0.2) is 43.2 Å². The van der Waals surface area contributed by atoms with E-state index in [2.05, 4.69) is 6.07 Å². The van der Waals surface area contributed by atoms with Gasteiger partial charge in [-0.25, -0.2) is 12.7 Å². The van der Waals surface area contributed by atoms with Crippen molar-refractivity contribution in [1.29, 1.82) is 0 Å². The minimum absolute atomic E-state index is 0.123. The second kappa shape index (κ2) is 7.99. The van der Waals surface area contributed by atoms with Crippen molar-refractivity contribution in [2.75, 3.05) is 13.6 Å². The predicted molar refractivity (Wildman–Crippen MR) is 101 cm³/mol. The second-order valence-corrected chi connectivity index (χ2v) is 10.4. The highest BCUT2D eigenvalue weighted by atomic mass is 32.2. The van der Waals surface area contributed by atoms with Gasteiger partial charge in [0, 0.05) is 30.9 Å². The third-order valence-electron chi connectivity index (χ3n) is 4.24. The SMILES string of the molecule is CN(CCCC(=O)N(Cc1cccs1)C1CC1)S(=O)(=O)c1cccs1. The Bertz CT molecular complexity index is 781. The molecule has 1 aliphatic rings. The molecule has 1 fully saturated rings. The van der Waals surface area contributed by atoms with Gasteiger partial charge in [0.2, 0.25) is 5.91 Å². The fraction of sp³-hybridized carbons (Fsp3) is 0.471. The molecule has 0 spiro atoms. The predicted octanol–water partition coefficient (Wildman–Crippen LogP) is 3.40. The maximum atomic E-state index is 12.6. The first-order valence-corrected chi connectivity index (χ1v) is 11.5. The van der Waals surface area contributed by atoms with E-state index in [-0.39, 0.29) is 5.91 Å². The van der Waals surface area contributed by atoms with Crippen LogP contribution in [0, 0.1) is 0 Å². The van der Waals surface area contributed by atoms with Gasteiger partial charge in [0.05, 0.1) is 6.54 Å². The average molecular weight is 399 g/mol. The van der Waals surface area contributed by atoms with Crippen LogP contribution in [0.3, 0.4) is 0 Å². The van der Waals surface area contributed by atoms with Crippen molar-refractivity contribution in [3.63, 3.8) is 0 Å². The number of hydrogen-bond donors (Lipinski definition) is 0. The summed E-state index contributed by atoms with van der Waals surface area (Å²) < 4.78 is 26.4. The van der Waals surface area contributed by atoms with E-state index >= 15 is 0 Å².